The Morgan fingerprint density at radius 3 is 2.28 bits per heavy atom. The second-order valence-corrected chi connectivity index (χ2v) is 8.78. The molecule has 32 heavy (non-hydrogen) atoms. The number of para-hydroxylation sites is 2. The van der Waals surface area contributed by atoms with E-state index in [4.69, 9.17) is 28.0 Å². The molecule has 0 bridgehead atoms. The van der Waals surface area contributed by atoms with E-state index >= 15 is 0 Å². The first kappa shape index (κ1) is 20.8. The zero-order valence-electron chi connectivity index (χ0n) is 16.9. The van der Waals surface area contributed by atoms with Crippen molar-refractivity contribution in [2.45, 2.75) is 19.1 Å². The number of phenols is 1. The van der Waals surface area contributed by atoms with Gasteiger partial charge in [-0.15, -0.1) is 0 Å². The van der Waals surface area contributed by atoms with Crippen LogP contribution in [0.25, 0.3) is 0 Å². The summed E-state index contributed by atoms with van der Waals surface area (Å²) in [5.41, 5.74) is 0.158. The quantitative estimate of drug-likeness (QED) is 0.538. The number of rotatable bonds is 3. The number of phenolic OH excluding ortho intramolecular Hbond substituents is 1. The summed E-state index contributed by atoms with van der Waals surface area (Å²) in [6, 6.07) is 19.8. The Kier molecular flexibility index (Phi) is 4.89. The number of hydrogen-bond acceptors (Lipinski definition) is 5. The lowest BCUT2D eigenvalue weighted by atomic mass is 9.76. The first-order valence-electron chi connectivity index (χ1n) is 9.96. The molecule has 2 aliphatic heterocycles. The molecule has 6 nitrogen and oxygen atoms in total. The van der Waals surface area contributed by atoms with Gasteiger partial charge in [0.15, 0.2) is 6.10 Å². The molecule has 0 aromatic heterocycles. The van der Waals surface area contributed by atoms with E-state index in [0.29, 0.717) is 22.0 Å². The predicted octanol–water partition coefficient (Wildman–Crippen LogP) is 5.14. The Hall–Kier alpha value is -3.06. The van der Waals surface area contributed by atoms with Crippen LogP contribution in [-0.4, -0.2) is 23.0 Å². The summed E-state index contributed by atoms with van der Waals surface area (Å²) in [5.74, 6) is -0.940. The van der Waals surface area contributed by atoms with Crippen LogP contribution in [0.15, 0.2) is 72.8 Å². The Morgan fingerprint density at radius 2 is 1.59 bits per heavy atom. The number of carbonyl (C=O) groups is 2. The Labute approximate surface area is 194 Å². The first-order chi connectivity index (χ1) is 15.3. The number of carbonyl (C=O) groups excluding carboxylic acids is 2. The summed E-state index contributed by atoms with van der Waals surface area (Å²) in [7, 11) is 0. The number of anilines is 2. The fourth-order valence-corrected chi connectivity index (χ4v) is 4.77. The van der Waals surface area contributed by atoms with Gasteiger partial charge in [-0.1, -0.05) is 59.6 Å². The lowest BCUT2D eigenvalue weighted by Gasteiger charge is -2.33. The van der Waals surface area contributed by atoms with Gasteiger partial charge in [-0.2, -0.15) is 0 Å². The molecule has 8 heteroatoms. The van der Waals surface area contributed by atoms with Gasteiger partial charge in [-0.3, -0.25) is 14.4 Å². The zero-order chi connectivity index (χ0) is 22.6. The molecule has 3 unspecified atom stereocenters. The highest BCUT2D eigenvalue weighted by atomic mass is 35.5. The Morgan fingerprint density at radius 1 is 0.906 bits per heavy atom. The van der Waals surface area contributed by atoms with Crippen LogP contribution in [0.2, 0.25) is 10.0 Å². The number of fused-ring (bicyclic) bond motifs is 1. The maximum atomic E-state index is 13.8. The van der Waals surface area contributed by atoms with Crippen LogP contribution in [0, 0.1) is 5.41 Å². The van der Waals surface area contributed by atoms with Gasteiger partial charge >= 0.3 is 0 Å². The molecule has 2 aliphatic rings. The van der Waals surface area contributed by atoms with E-state index in [1.54, 1.807) is 42.3 Å². The van der Waals surface area contributed by atoms with Crippen LogP contribution in [-0.2, 0) is 14.4 Å². The molecular formula is C24H18Cl2N2O4. The van der Waals surface area contributed by atoms with Gasteiger partial charge in [0.1, 0.15) is 17.2 Å². The molecular weight excluding hydrogens is 451 g/mol. The third kappa shape index (κ3) is 2.91. The van der Waals surface area contributed by atoms with E-state index in [9.17, 15) is 14.7 Å². The molecule has 2 heterocycles. The number of aromatic hydroxyl groups is 1. The van der Waals surface area contributed by atoms with Crippen LogP contribution in [0.4, 0.5) is 11.4 Å². The van der Waals surface area contributed by atoms with Crippen molar-refractivity contribution in [2.24, 2.45) is 5.41 Å². The number of nitrogens with zero attached hydrogens (tertiary/aromatic N) is 2. The van der Waals surface area contributed by atoms with Crippen LogP contribution in [0.3, 0.4) is 0 Å². The SMILES string of the molecule is CC12C(=O)N(c3ccc(Cl)c(Cl)c3)C(=O)C1ON(c1ccccc1)C2c1ccccc1O. The van der Waals surface area contributed by atoms with Crippen molar-refractivity contribution in [1.29, 1.82) is 0 Å². The lowest BCUT2D eigenvalue weighted by Crippen LogP contribution is -2.41. The number of imide groups is 1. The van der Waals surface area contributed by atoms with Gasteiger partial charge in [0, 0.05) is 5.56 Å². The highest BCUT2D eigenvalue weighted by Crippen LogP contribution is 2.56. The molecule has 2 amide bonds. The number of benzene rings is 3. The topological polar surface area (TPSA) is 70.1 Å². The average Bonchev–Trinajstić information content (AvgIpc) is 3.20. The molecule has 0 aliphatic carbocycles. The van der Waals surface area contributed by atoms with Crippen molar-refractivity contribution in [1.82, 2.24) is 0 Å². The van der Waals surface area contributed by atoms with Crippen molar-refractivity contribution in [3.63, 3.8) is 0 Å². The highest BCUT2D eigenvalue weighted by Gasteiger charge is 2.69. The monoisotopic (exact) mass is 468 g/mol. The standard InChI is InChI=1S/C24H18Cl2N2O4/c1-24-20(16-9-5-6-10-19(16)29)28(14-7-3-2-4-8-14)32-21(24)22(30)27(23(24)31)15-11-12-17(25)18(26)13-15/h2-13,20-21,29H,1H3. The van der Waals surface area contributed by atoms with Gasteiger partial charge < -0.3 is 5.11 Å². The molecule has 5 rings (SSSR count). The number of halogens is 2. The highest BCUT2D eigenvalue weighted by molar-refractivity contribution is 6.42. The maximum absolute atomic E-state index is 13.8. The van der Waals surface area contributed by atoms with E-state index in [-0.39, 0.29) is 10.8 Å². The minimum Gasteiger partial charge on any atom is -0.508 e. The van der Waals surface area contributed by atoms with Gasteiger partial charge in [0.25, 0.3) is 5.91 Å². The van der Waals surface area contributed by atoms with E-state index in [2.05, 4.69) is 0 Å². The van der Waals surface area contributed by atoms with E-state index in [0.717, 1.165) is 4.90 Å². The van der Waals surface area contributed by atoms with Crippen molar-refractivity contribution in [3.05, 3.63) is 88.4 Å². The molecule has 3 aromatic rings. The van der Waals surface area contributed by atoms with Crippen LogP contribution in [0.1, 0.15) is 18.5 Å². The second-order valence-electron chi connectivity index (χ2n) is 7.97. The maximum Gasteiger partial charge on any atom is 0.266 e. The summed E-state index contributed by atoms with van der Waals surface area (Å²) in [6.45, 7) is 1.69. The van der Waals surface area contributed by atoms with E-state index in [1.165, 1.54) is 12.1 Å². The predicted molar refractivity (Wildman–Crippen MR) is 122 cm³/mol. The molecule has 3 atom stereocenters. The summed E-state index contributed by atoms with van der Waals surface area (Å²) >= 11 is 12.1. The number of hydrogen-bond donors (Lipinski definition) is 1. The summed E-state index contributed by atoms with van der Waals surface area (Å²) in [5, 5.41) is 12.7. The second kappa shape index (κ2) is 7.52. The summed E-state index contributed by atoms with van der Waals surface area (Å²) in [6.07, 6.45) is -1.09. The largest absolute Gasteiger partial charge is 0.508 e. The minimum atomic E-state index is -1.31. The van der Waals surface area contributed by atoms with Crippen LogP contribution < -0.4 is 9.96 Å². The third-order valence-electron chi connectivity index (χ3n) is 6.08. The normalized spacial score (nSPS) is 24.8. The van der Waals surface area contributed by atoms with Crippen molar-refractivity contribution < 1.29 is 19.5 Å². The molecule has 1 N–H and O–H groups in total. The molecule has 0 spiro atoms. The Bertz CT molecular complexity index is 1240. The number of hydroxylamine groups is 1. The molecule has 162 valence electrons. The van der Waals surface area contributed by atoms with Gasteiger partial charge in [-0.25, -0.2) is 9.96 Å². The molecule has 2 fully saturated rings. The third-order valence-corrected chi connectivity index (χ3v) is 6.82. The minimum absolute atomic E-state index is 0.0112. The smallest absolute Gasteiger partial charge is 0.266 e. The van der Waals surface area contributed by atoms with Crippen molar-refractivity contribution >= 4 is 46.4 Å². The van der Waals surface area contributed by atoms with Crippen LogP contribution in [0.5, 0.6) is 5.75 Å². The van der Waals surface area contributed by atoms with Crippen molar-refractivity contribution in [2.75, 3.05) is 9.96 Å². The molecule has 0 radical (unpaired) electrons. The Balaban J connectivity index is 1.66. The summed E-state index contributed by atoms with van der Waals surface area (Å²) in [4.78, 5) is 34.5. The van der Waals surface area contributed by atoms with E-state index in [1.807, 2.05) is 30.3 Å². The molecule has 0 saturated carbocycles. The fourth-order valence-electron chi connectivity index (χ4n) is 4.48. The first-order valence-corrected chi connectivity index (χ1v) is 10.7. The van der Waals surface area contributed by atoms with Crippen LogP contribution >= 0.6 is 23.2 Å². The van der Waals surface area contributed by atoms with Crippen molar-refractivity contribution in [3.8, 4) is 5.75 Å². The number of amides is 2. The van der Waals surface area contributed by atoms with Gasteiger partial charge in [-0.05, 0) is 43.3 Å². The molecule has 3 aromatic carbocycles. The molecule has 2 saturated heterocycles. The van der Waals surface area contributed by atoms with Gasteiger partial charge in [0.05, 0.1) is 21.4 Å². The summed E-state index contributed by atoms with van der Waals surface area (Å²) < 4.78 is 0. The fraction of sp³-hybridized carbons (Fsp3) is 0.167. The average molecular weight is 469 g/mol. The zero-order valence-corrected chi connectivity index (χ0v) is 18.4. The van der Waals surface area contributed by atoms with E-state index < -0.39 is 29.4 Å². The van der Waals surface area contributed by atoms with Gasteiger partial charge in [0.2, 0.25) is 5.91 Å². The lowest BCUT2D eigenvalue weighted by molar-refractivity contribution is -0.128.